The van der Waals surface area contributed by atoms with Crippen LogP contribution in [-0.4, -0.2) is 15.8 Å². The van der Waals surface area contributed by atoms with Gasteiger partial charge in [-0.15, -0.1) is 0 Å². The van der Waals surface area contributed by atoms with E-state index in [4.69, 9.17) is 15.9 Å². The predicted molar refractivity (Wildman–Crippen MR) is 59.5 cm³/mol. The summed E-state index contributed by atoms with van der Waals surface area (Å²) < 4.78 is 31.2. The standard InChI is InChI=1S/C11H8F2N4O/c12-6-1-2-7(13)9(3-6)18-10-5-16-8(4-17-10)11(14)15/h1-5H,(H3,14,15). The molecule has 1 aromatic heterocycles. The molecule has 0 radical (unpaired) electrons. The molecule has 0 spiro atoms. The number of ether oxygens (including phenoxy) is 1. The molecule has 0 unspecified atom stereocenters. The number of rotatable bonds is 3. The van der Waals surface area contributed by atoms with Gasteiger partial charge in [-0.25, -0.2) is 18.7 Å². The molecule has 92 valence electrons. The van der Waals surface area contributed by atoms with E-state index in [0.29, 0.717) is 0 Å². The van der Waals surface area contributed by atoms with Crippen molar-refractivity contribution < 1.29 is 13.5 Å². The summed E-state index contributed by atoms with van der Waals surface area (Å²) in [6, 6.07) is 2.82. The van der Waals surface area contributed by atoms with E-state index in [9.17, 15) is 8.78 Å². The van der Waals surface area contributed by atoms with Gasteiger partial charge < -0.3 is 10.5 Å². The maximum absolute atomic E-state index is 13.3. The van der Waals surface area contributed by atoms with Gasteiger partial charge >= 0.3 is 0 Å². The molecule has 7 heteroatoms. The molecule has 0 atom stereocenters. The number of aromatic nitrogens is 2. The van der Waals surface area contributed by atoms with Crippen molar-refractivity contribution in [2.45, 2.75) is 0 Å². The number of hydrogen-bond donors (Lipinski definition) is 2. The van der Waals surface area contributed by atoms with Gasteiger partial charge in [0.25, 0.3) is 0 Å². The van der Waals surface area contributed by atoms with Crippen LogP contribution in [0.15, 0.2) is 30.6 Å². The van der Waals surface area contributed by atoms with Gasteiger partial charge in [0.2, 0.25) is 5.88 Å². The summed E-state index contributed by atoms with van der Waals surface area (Å²) in [7, 11) is 0. The van der Waals surface area contributed by atoms with E-state index in [1.165, 1.54) is 12.4 Å². The summed E-state index contributed by atoms with van der Waals surface area (Å²) in [5.74, 6) is -1.90. The Balaban J connectivity index is 2.23. The van der Waals surface area contributed by atoms with Crippen LogP contribution in [-0.2, 0) is 0 Å². The van der Waals surface area contributed by atoms with Crippen molar-refractivity contribution in [2.75, 3.05) is 0 Å². The zero-order valence-electron chi connectivity index (χ0n) is 9.02. The zero-order valence-corrected chi connectivity index (χ0v) is 9.02. The van der Waals surface area contributed by atoms with Crippen LogP contribution in [0.5, 0.6) is 11.6 Å². The second kappa shape index (κ2) is 4.74. The second-order valence-electron chi connectivity index (χ2n) is 3.33. The number of hydrogen-bond acceptors (Lipinski definition) is 4. The summed E-state index contributed by atoms with van der Waals surface area (Å²) in [6.07, 6.45) is 2.37. The van der Waals surface area contributed by atoms with Crippen LogP contribution in [0.3, 0.4) is 0 Å². The molecule has 5 nitrogen and oxygen atoms in total. The fraction of sp³-hybridized carbons (Fsp3) is 0. The predicted octanol–water partition coefficient (Wildman–Crippen LogP) is 1.83. The third-order valence-corrected chi connectivity index (χ3v) is 2.01. The molecule has 0 bridgehead atoms. The van der Waals surface area contributed by atoms with Crippen molar-refractivity contribution in [3.05, 3.63) is 47.9 Å². The number of halogens is 2. The Morgan fingerprint density at radius 2 is 2.00 bits per heavy atom. The highest BCUT2D eigenvalue weighted by Gasteiger charge is 2.08. The Kier molecular flexibility index (Phi) is 3.13. The number of nitrogens with one attached hydrogen (secondary N) is 1. The molecule has 1 heterocycles. The molecule has 0 saturated carbocycles. The maximum Gasteiger partial charge on any atom is 0.238 e. The Bertz CT molecular complexity index is 586. The molecule has 0 aliphatic carbocycles. The molecule has 0 aliphatic rings. The molecule has 0 fully saturated rings. The van der Waals surface area contributed by atoms with Crippen LogP contribution in [0, 0.1) is 17.0 Å². The maximum atomic E-state index is 13.3. The first-order chi connectivity index (χ1) is 8.56. The van der Waals surface area contributed by atoms with Crippen LogP contribution < -0.4 is 10.5 Å². The van der Waals surface area contributed by atoms with E-state index in [0.717, 1.165) is 18.2 Å². The Labute approximate surface area is 101 Å². The highest BCUT2D eigenvalue weighted by Crippen LogP contribution is 2.23. The number of nitrogens with two attached hydrogens (primary N) is 1. The highest BCUT2D eigenvalue weighted by atomic mass is 19.1. The quantitative estimate of drug-likeness (QED) is 0.642. The summed E-state index contributed by atoms with van der Waals surface area (Å²) >= 11 is 0. The molecule has 3 N–H and O–H groups in total. The average Bonchev–Trinajstić information content (AvgIpc) is 2.34. The number of nitrogens with zero attached hydrogens (tertiary/aromatic N) is 2. The van der Waals surface area contributed by atoms with Gasteiger partial charge in [-0.05, 0) is 12.1 Å². The molecule has 2 aromatic rings. The number of nitrogen functional groups attached to an aromatic ring is 1. The Morgan fingerprint density at radius 1 is 1.22 bits per heavy atom. The van der Waals surface area contributed by atoms with Gasteiger partial charge in [0.15, 0.2) is 11.6 Å². The normalized spacial score (nSPS) is 10.1. The van der Waals surface area contributed by atoms with E-state index in [2.05, 4.69) is 9.97 Å². The van der Waals surface area contributed by atoms with Gasteiger partial charge in [-0.1, -0.05) is 0 Å². The van der Waals surface area contributed by atoms with Crippen molar-refractivity contribution in [3.8, 4) is 11.6 Å². The van der Waals surface area contributed by atoms with Crippen LogP contribution >= 0.6 is 0 Å². The first-order valence-corrected chi connectivity index (χ1v) is 4.85. The van der Waals surface area contributed by atoms with Crippen LogP contribution in [0.1, 0.15) is 5.69 Å². The van der Waals surface area contributed by atoms with Gasteiger partial charge in [0, 0.05) is 6.07 Å². The second-order valence-corrected chi connectivity index (χ2v) is 3.33. The zero-order chi connectivity index (χ0) is 13.1. The Morgan fingerprint density at radius 3 is 2.61 bits per heavy atom. The average molecular weight is 250 g/mol. The lowest BCUT2D eigenvalue weighted by atomic mass is 10.3. The molecule has 0 saturated heterocycles. The fourth-order valence-electron chi connectivity index (χ4n) is 1.18. The Hall–Kier alpha value is -2.57. The highest BCUT2D eigenvalue weighted by molar-refractivity contribution is 5.92. The first kappa shape index (κ1) is 11.9. The smallest absolute Gasteiger partial charge is 0.238 e. The van der Waals surface area contributed by atoms with E-state index >= 15 is 0 Å². The van der Waals surface area contributed by atoms with Crippen LogP contribution in [0.25, 0.3) is 0 Å². The van der Waals surface area contributed by atoms with E-state index in [1.54, 1.807) is 0 Å². The van der Waals surface area contributed by atoms with Crippen molar-refractivity contribution >= 4 is 5.84 Å². The van der Waals surface area contributed by atoms with Crippen LogP contribution in [0.4, 0.5) is 8.78 Å². The third-order valence-electron chi connectivity index (χ3n) is 2.01. The van der Waals surface area contributed by atoms with Crippen molar-refractivity contribution in [1.29, 1.82) is 5.41 Å². The minimum Gasteiger partial charge on any atom is -0.434 e. The summed E-state index contributed by atoms with van der Waals surface area (Å²) in [6.45, 7) is 0. The molecule has 0 aliphatic heterocycles. The van der Waals surface area contributed by atoms with Gasteiger partial charge in [-0.2, -0.15) is 0 Å². The van der Waals surface area contributed by atoms with E-state index in [-0.39, 0.29) is 23.2 Å². The van der Waals surface area contributed by atoms with E-state index in [1.807, 2.05) is 0 Å². The summed E-state index contributed by atoms with van der Waals surface area (Å²) in [4.78, 5) is 7.54. The third kappa shape index (κ3) is 2.57. The molecule has 18 heavy (non-hydrogen) atoms. The summed E-state index contributed by atoms with van der Waals surface area (Å²) in [5, 5.41) is 7.11. The van der Waals surface area contributed by atoms with Crippen molar-refractivity contribution in [3.63, 3.8) is 0 Å². The number of benzene rings is 1. The van der Waals surface area contributed by atoms with Crippen LogP contribution in [0.2, 0.25) is 0 Å². The fourth-order valence-corrected chi connectivity index (χ4v) is 1.18. The topological polar surface area (TPSA) is 84.9 Å². The van der Waals surface area contributed by atoms with Crippen molar-refractivity contribution in [1.82, 2.24) is 9.97 Å². The minimum atomic E-state index is -0.714. The molecular weight excluding hydrogens is 242 g/mol. The lowest BCUT2D eigenvalue weighted by Crippen LogP contribution is -2.13. The van der Waals surface area contributed by atoms with Gasteiger partial charge in [0.05, 0.1) is 12.4 Å². The first-order valence-electron chi connectivity index (χ1n) is 4.85. The molecule has 0 amide bonds. The van der Waals surface area contributed by atoms with Gasteiger partial charge in [0.1, 0.15) is 17.3 Å². The summed E-state index contributed by atoms with van der Waals surface area (Å²) in [5.41, 5.74) is 5.36. The minimum absolute atomic E-state index is 0.0236. The number of amidine groups is 1. The van der Waals surface area contributed by atoms with E-state index < -0.39 is 11.6 Å². The molecule has 2 rings (SSSR count). The SMILES string of the molecule is N=C(N)c1cnc(Oc2cc(F)ccc2F)cn1. The lowest BCUT2D eigenvalue weighted by Gasteiger charge is -2.05. The van der Waals surface area contributed by atoms with Crippen molar-refractivity contribution in [2.24, 2.45) is 5.73 Å². The molecule has 1 aromatic carbocycles. The monoisotopic (exact) mass is 250 g/mol. The molecular formula is C11H8F2N4O. The largest absolute Gasteiger partial charge is 0.434 e. The lowest BCUT2D eigenvalue weighted by molar-refractivity contribution is 0.420. The van der Waals surface area contributed by atoms with Gasteiger partial charge in [-0.3, -0.25) is 5.41 Å².